The van der Waals surface area contributed by atoms with Gasteiger partial charge < -0.3 is 25.2 Å². The number of amides is 2. The number of aliphatic hydroxyl groups excluding tert-OH is 1. The fourth-order valence-electron chi connectivity index (χ4n) is 4.27. The lowest BCUT2D eigenvalue weighted by molar-refractivity contribution is -0.136. The third-order valence-electron chi connectivity index (χ3n) is 5.88. The van der Waals surface area contributed by atoms with Crippen LogP contribution in [0.15, 0.2) is 53.8 Å². The number of nitrogens with one attached hydrogen (secondary N) is 2. The number of ether oxygens (including phenoxy) is 2. The van der Waals surface area contributed by atoms with Crippen LogP contribution < -0.4 is 20.1 Å². The number of rotatable bonds is 6. The monoisotopic (exact) mass is 484 g/mol. The van der Waals surface area contributed by atoms with Gasteiger partial charge in [0.25, 0.3) is 0 Å². The lowest BCUT2D eigenvalue weighted by Crippen LogP contribution is -2.57. The molecule has 2 aliphatic heterocycles. The molecular formula is C24H21FN2O6S. The van der Waals surface area contributed by atoms with Gasteiger partial charge in [0.15, 0.2) is 22.4 Å². The van der Waals surface area contributed by atoms with E-state index in [9.17, 15) is 23.9 Å². The molecule has 1 saturated heterocycles. The summed E-state index contributed by atoms with van der Waals surface area (Å²) in [6.07, 6.45) is -1.63. The Morgan fingerprint density at radius 3 is 2.44 bits per heavy atom. The summed E-state index contributed by atoms with van der Waals surface area (Å²) in [4.78, 5) is 38.8. The molecule has 0 aliphatic carbocycles. The zero-order chi connectivity index (χ0) is 24.6. The van der Waals surface area contributed by atoms with E-state index in [0.717, 1.165) is 0 Å². The summed E-state index contributed by atoms with van der Waals surface area (Å²) in [5.74, 6) is -3.74. The summed E-state index contributed by atoms with van der Waals surface area (Å²) in [5, 5.41) is 15.7. The van der Waals surface area contributed by atoms with Gasteiger partial charge in [-0.15, -0.1) is 0 Å². The van der Waals surface area contributed by atoms with E-state index >= 15 is 0 Å². The van der Waals surface area contributed by atoms with Crippen LogP contribution in [0.2, 0.25) is 0 Å². The molecule has 10 heteroatoms. The van der Waals surface area contributed by atoms with Crippen molar-refractivity contribution in [3.63, 3.8) is 0 Å². The number of carbonyl (C=O) groups excluding carboxylic acids is 3. The van der Waals surface area contributed by atoms with E-state index in [4.69, 9.17) is 21.7 Å². The maximum Gasteiger partial charge on any atom is 0.239 e. The molecule has 2 aromatic rings. The summed E-state index contributed by atoms with van der Waals surface area (Å²) < 4.78 is 24.6. The second-order valence-electron chi connectivity index (χ2n) is 7.92. The molecule has 2 aliphatic rings. The Labute approximate surface area is 199 Å². The Balaban J connectivity index is 1.70. The standard InChI is InChI=1S/C24H21FN2O6S/c1-11-18(20(29)14-4-3-5-17(32-2)21(14)33-11)16(28)10-15(12-6-8-13(25)9-7-12)19-22(30)26-24(34)27-23(19)31/h3-9,15,19-20,29H,10H2,1-2H3,(H2,26,27,30,31,34). The Hall–Kier alpha value is -3.63. The molecule has 0 aromatic heterocycles. The van der Waals surface area contributed by atoms with Crippen molar-refractivity contribution in [3.05, 3.63) is 70.7 Å². The molecule has 0 radical (unpaired) electrons. The molecule has 0 bridgehead atoms. The molecule has 2 amide bonds. The summed E-state index contributed by atoms with van der Waals surface area (Å²) >= 11 is 4.86. The third kappa shape index (κ3) is 4.29. The number of allylic oxidation sites excluding steroid dienone is 1. The number of halogens is 1. The van der Waals surface area contributed by atoms with Crippen molar-refractivity contribution < 1.29 is 33.4 Å². The smallest absolute Gasteiger partial charge is 0.239 e. The number of hydrogen-bond acceptors (Lipinski definition) is 7. The molecule has 0 spiro atoms. The van der Waals surface area contributed by atoms with E-state index < -0.39 is 41.4 Å². The average Bonchev–Trinajstić information content (AvgIpc) is 2.78. The first-order valence-electron chi connectivity index (χ1n) is 10.4. The number of Topliss-reactive ketones (excluding diaryl/α,β-unsaturated/α-hetero) is 1. The first kappa shape index (κ1) is 23.5. The number of ketones is 1. The fraction of sp³-hybridized carbons (Fsp3) is 0.250. The molecule has 2 unspecified atom stereocenters. The largest absolute Gasteiger partial charge is 0.493 e. The van der Waals surface area contributed by atoms with Crippen LogP contribution in [0, 0.1) is 11.7 Å². The topological polar surface area (TPSA) is 114 Å². The molecule has 34 heavy (non-hydrogen) atoms. The van der Waals surface area contributed by atoms with Crippen LogP contribution in [0.25, 0.3) is 0 Å². The average molecular weight is 485 g/mol. The summed E-state index contributed by atoms with van der Waals surface area (Å²) in [7, 11) is 1.46. The highest BCUT2D eigenvalue weighted by molar-refractivity contribution is 7.80. The van der Waals surface area contributed by atoms with Crippen molar-refractivity contribution in [2.45, 2.75) is 25.4 Å². The quantitative estimate of drug-likeness (QED) is 0.426. The first-order valence-corrected chi connectivity index (χ1v) is 10.8. The Kier molecular flexibility index (Phi) is 6.45. The zero-order valence-electron chi connectivity index (χ0n) is 18.3. The molecule has 8 nitrogen and oxygen atoms in total. The van der Waals surface area contributed by atoms with E-state index in [1.807, 2.05) is 0 Å². The van der Waals surface area contributed by atoms with Crippen LogP contribution in [-0.4, -0.2) is 34.9 Å². The van der Waals surface area contributed by atoms with Crippen LogP contribution in [-0.2, 0) is 14.4 Å². The van der Waals surface area contributed by atoms with Crippen molar-refractivity contribution >= 4 is 34.9 Å². The highest BCUT2D eigenvalue weighted by Crippen LogP contribution is 2.44. The number of hydrogen-bond donors (Lipinski definition) is 3. The lowest BCUT2D eigenvalue weighted by atomic mass is 9.78. The van der Waals surface area contributed by atoms with E-state index in [1.165, 1.54) is 38.3 Å². The number of aliphatic hydroxyl groups is 1. The number of fused-ring (bicyclic) bond motifs is 1. The Bertz CT molecular complexity index is 1210. The van der Waals surface area contributed by atoms with E-state index in [2.05, 4.69) is 10.6 Å². The van der Waals surface area contributed by atoms with Gasteiger partial charge in [-0.2, -0.15) is 0 Å². The first-order chi connectivity index (χ1) is 16.2. The normalized spacial score (nSPS) is 19.1. The van der Waals surface area contributed by atoms with Crippen molar-refractivity contribution in [3.8, 4) is 11.5 Å². The highest BCUT2D eigenvalue weighted by Gasteiger charge is 2.42. The molecule has 2 aromatic carbocycles. The molecule has 2 heterocycles. The number of benzene rings is 2. The molecule has 176 valence electrons. The van der Waals surface area contributed by atoms with Crippen LogP contribution in [0.4, 0.5) is 4.39 Å². The Morgan fingerprint density at radius 1 is 1.18 bits per heavy atom. The van der Waals surface area contributed by atoms with Gasteiger partial charge in [0, 0.05) is 17.9 Å². The number of methoxy groups -OCH3 is 1. The summed E-state index contributed by atoms with van der Waals surface area (Å²) in [6, 6.07) is 10.1. The van der Waals surface area contributed by atoms with Crippen LogP contribution in [0.5, 0.6) is 11.5 Å². The maximum absolute atomic E-state index is 13.5. The third-order valence-corrected chi connectivity index (χ3v) is 6.08. The minimum Gasteiger partial charge on any atom is -0.493 e. The van der Waals surface area contributed by atoms with Gasteiger partial charge in [0.05, 0.1) is 12.7 Å². The second kappa shape index (κ2) is 9.32. The van der Waals surface area contributed by atoms with Crippen molar-refractivity contribution in [2.75, 3.05) is 7.11 Å². The molecule has 3 N–H and O–H groups in total. The van der Waals surface area contributed by atoms with Gasteiger partial charge >= 0.3 is 0 Å². The predicted octanol–water partition coefficient (Wildman–Crippen LogP) is 2.42. The Morgan fingerprint density at radius 2 is 1.82 bits per heavy atom. The van der Waals surface area contributed by atoms with Crippen molar-refractivity contribution in [1.29, 1.82) is 0 Å². The predicted molar refractivity (Wildman–Crippen MR) is 122 cm³/mol. The summed E-state index contributed by atoms with van der Waals surface area (Å²) in [5.41, 5.74) is 0.759. The zero-order valence-corrected chi connectivity index (χ0v) is 19.1. The van der Waals surface area contributed by atoms with Gasteiger partial charge in [-0.05, 0) is 42.9 Å². The van der Waals surface area contributed by atoms with Crippen LogP contribution in [0.1, 0.15) is 36.5 Å². The van der Waals surface area contributed by atoms with E-state index in [-0.39, 0.29) is 22.9 Å². The maximum atomic E-state index is 13.5. The van der Waals surface area contributed by atoms with Gasteiger partial charge in [0.2, 0.25) is 11.8 Å². The number of para-hydroxylation sites is 1. The highest BCUT2D eigenvalue weighted by atomic mass is 32.1. The second-order valence-corrected chi connectivity index (χ2v) is 8.33. The van der Waals surface area contributed by atoms with Gasteiger partial charge in [0.1, 0.15) is 23.6 Å². The van der Waals surface area contributed by atoms with Crippen molar-refractivity contribution in [1.82, 2.24) is 10.6 Å². The van der Waals surface area contributed by atoms with Gasteiger partial charge in [-0.1, -0.05) is 24.3 Å². The van der Waals surface area contributed by atoms with E-state index in [1.54, 1.807) is 18.2 Å². The van der Waals surface area contributed by atoms with Gasteiger partial charge in [-0.25, -0.2) is 4.39 Å². The lowest BCUT2D eigenvalue weighted by Gasteiger charge is -2.31. The van der Waals surface area contributed by atoms with Gasteiger partial charge in [-0.3, -0.25) is 14.4 Å². The molecule has 0 saturated carbocycles. The SMILES string of the molecule is COc1cccc2c1OC(C)=C(C(=O)CC(c1ccc(F)cc1)C1C(=O)NC(=S)NC1=O)C2O. The molecule has 4 rings (SSSR count). The summed E-state index contributed by atoms with van der Waals surface area (Å²) in [6.45, 7) is 1.54. The molecule has 1 fully saturated rings. The number of carbonyl (C=O) groups is 3. The van der Waals surface area contributed by atoms with Crippen LogP contribution in [0.3, 0.4) is 0 Å². The van der Waals surface area contributed by atoms with Crippen molar-refractivity contribution in [2.24, 2.45) is 5.92 Å². The minimum absolute atomic E-state index is 0.0000105. The molecular weight excluding hydrogens is 463 g/mol. The number of thiocarbonyl (C=S) groups is 1. The fourth-order valence-corrected chi connectivity index (χ4v) is 4.47. The minimum atomic E-state index is -1.30. The van der Waals surface area contributed by atoms with E-state index in [0.29, 0.717) is 22.6 Å². The van der Waals surface area contributed by atoms with Crippen LogP contribution >= 0.6 is 12.2 Å². The molecule has 2 atom stereocenters.